The molecule has 0 aliphatic rings. The van der Waals surface area contributed by atoms with Crippen LogP contribution in [-0.4, -0.2) is 37.6 Å². The fourth-order valence-electron chi connectivity index (χ4n) is 1.85. The minimum Gasteiger partial charge on any atom is -0.495 e. The number of hydrogen-bond donors (Lipinski definition) is 2. The quantitative estimate of drug-likeness (QED) is 0.752. The maximum absolute atomic E-state index is 12.0. The molecule has 0 saturated heterocycles. The molecule has 5 heteroatoms. The fraction of sp³-hybridized carbons (Fsp3) is 0.533. The first-order valence-electron chi connectivity index (χ1n) is 6.91. The zero-order valence-corrected chi connectivity index (χ0v) is 12.8. The molecule has 1 atom stereocenters. The van der Waals surface area contributed by atoms with Gasteiger partial charge in [-0.1, -0.05) is 6.92 Å². The third-order valence-corrected chi connectivity index (χ3v) is 3.53. The molecule has 0 radical (unpaired) electrons. The van der Waals surface area contributed by atoms with Gasteiger partial charge in [0.05, 0.1) is 12.8 Å². The van der Waals surface area contributed by atoms with Gasteiger partial charge in [0, 0.05) is 24.7 Å². The second kappa shape index (κ2) is 7.75. The van der Waals surface area contributed by atoms with Gasteiger partial charge in [-0.2, -0.15) is 0 Å². The molecular weight excluding hydrogens is 254 g/mol. The van der Waals surface area contributed by atoms with Crippen LogP contribution < -0.4 is 15.8 Å². The summed E-state index contributed by atoms with van der Waals surface area (Å²) in [6.07, 6.45) is 1.51. The minimum atomic E-state index is -0.0379. The van der Waals surface area contributed by atoms with Crippen LogP contribution in [0, 0.1) is 0 Å². The number of carbonyl (C=O) groups excluding carboxylic acids is 1. The van der Waals surface area contributed by atoms with Crippen LogP contribution >= 0.6 is 0 Å². The number of carbonyl (C=O) groups is 1. The number of ether oxygens (including phenoxy) is 1. The van der Waals surface area contributed by atoms with Gasteiger partial charge in [-0.25, -0.2) is 0 Å². The van der Waals surface area contributed by atoms with Crippen molar-refractivity contribution in [3.63, 3.8) is 0 Å². The zero-order chi connectivity index (χ0) is 15.1. The summed E-state index contributed by atoms with van der Waals surface area (Å²) in [5.41, 5.74) is 6.93. The van der Waals surface area contributed by atoms with Crippen LogP contribution in [0.1, 0.15) is 26.7 Å². The molecule has 0 aliphatic carbocycles. The summed E-state index contributed by atoms with van der Waals surface area (Å²) in [5.74, 6) is 0.576. The minimum absolute atomic E-state index is 0.0379. The van der Waals surface area contributed by atoms with Crippen LogP contribution in [0.15, 0.2) is 18.2 Å². The van der Waals surface area contributed by atoms with Gasteiger partial charge in [-0.05, 0) is 38.6 Å². The standard InChI is InChI=1S/C15H25N3O2/c1-5-11(2)18(3)9-8-15(19)17-13-10-12(16)6-7-14(13)20-4/h6-7,10-11H,5,8-9,16H2,1-4H3,(H,17,19). The van der Waals surface area contributed by atoms with Crippen molar-refractivity contribution in [3.8, 4) is 5.75 Å². The van der Waals surface area contributed by atoms with Gasteiger partial charge >= 0.3 is 0 Å². The lowest BCUT2D eigenvalue weighted by Crippen LogP contribution is -2.31. The van der Waals surface area contributed by atoms with Gasteiger partial charge in [0.25, 0.3) is 0 Å². The monoisotopic (exact) mass is 279 g/mol. The van der Waals surface area contributed by atoms with E-state index in [2.05, 4.69) is 24.1 Å². The van der Waals surface area contributed by atoms with Gasteiger partial charge in [-0.3, -0.25) is 4.79 Å². The third-order valence-electron chi connectivity index (χ3n) is 3.53. The molecule has 1 aromatic carbocycles. The molecule has 1 unspecified atom stereocenters. The Kier molecular flexibility index (Phi) is 6.31. The molecule has 1 amide bonds. The number of nitrogens with two attached hydrogens (primary N) is 1. The van der Waals surface area contributed by atoms with Crippen LogP contribution in [0.3, 0.4) is 0 Å². The van der Waals surface area contributed by atoms with Crippen molar-refractivity contribution in [2.75, 3.05) is 31.8 Å². The Morgan fingerprint density at radius 2 is 2.20 bits per heavy atom. The molecule has 20 heavy (non-hydrogen) atoms. The maximum Gasteiger partial charge on any atom is 0.225 e. The third kappa shape index (κ3) is 4.74. The Bertz CT molecular complexity index is 449. The highest BCUT2D eigenvalue weighted by Crippen LogP contribution is 2.26. The predicted octanol–water partition coefficient (Wildman–Crippen LogP) is 2.34. The van der Waals surface area contributed by atoms with E-state index in [-0.39, 0.29) is 5.91 Å². The molecule has 112 valence electrons. The van der Waals surface area contributed by atoms with Crippen molar-refractivity contribution in [1.29, 1.82) is 0 Å². The molecule has 0 heterocycles. The van der Waals surface area contributed by atoms with Gasteiger partial charge in [0.1, 0.15) is 5.75 Å². The van der Waals surface area contributed by atoms with E-state index in [1.54, 1.807) is 25.3 Å². The Morgan fingerprint density at radius 1 is 1.50 bits per heavy atom. The number of anilines is 2. The van der Waals surface area contributed by atoms with E-state index >= 15 is 0 Å². The Morgan fingerprint density at radius 3 is 2.80 bits per heavy atom. The van der Waals surface area contributed by atoms with Crippen molar-refractivity contribution in [3.05, 3.63) is 18.2 Å². The molecule has 1 rings (SSSR count). The zero-order valence-electron chi connectivity index (χ0n) is 12.8. The smallest absolute Gasteiger partial charge is 0.225 e. The van der Waals surface area contributed by atoms with Crippen molar-refractivity contribution in [2.24, 2.45) is 0 Å². The first-order valence-corrected chi connectivity index (χ1v) is 6.91. The number of nitrogens with zero attached hydrogens (tertiary/aromatic N) is 1. The summed E-state index contributed by atoms with van der Waals surface area (Å²) in [4.78, 5) is 14.1. The molecule has 5 nitrogen and oxygen atoms in total. The Balaban J connectivity index is 2.56. The van der Waals surface area contributed by atoms with Crippen molar-refractivity contribution >= 4 is 17.3 Å². The second-order valence-corrected chi connectivity index (χ2v) is 5.00. The van der Waals surface area contributed by atoms with Crippen LogP contribution in [0.25, 0.3) is 0 Å². The van der Waals surface area contributed by atoms with Crippen LogP contribution in [0.4, 0.5) is 11.4 Å². The van der Waals surface area contributed by atoms with E-state index in [0.717, 1.165) is 13.0 Å². The molecular formula is C15H25N3O2. The van der Waals surface area contributed by atoms with E-state index < -0.39 is 0 Å². The van der Waals surface area contributed by atoms with Crippen LogP contribution in [-0.2, 0) is 4.79 Å². The van der Waals surface area contributed by atoms with Crippen molar-refractivity contribution < 1.29 is 9.53 Å². The average molecular weight is 279 g/mol. The molecule has 0 aliphatic heterocycles. The summed E-state index contributed by atoms with van der Waals surface area (Å²) >= 11 is 0. The Labute approximate surface area is 121 Å². The topological polar surface area (TPSA) is 67.6 Å². The molecule has 3 N–H and O–H groups in total. The number of rotatable bonds is 7. The summed E-state index contributed by atoms with van der Waals surface area (Å²) in [6, 6.07) is 5.67. The predicted molar refractivity (Wildman–Crippen MR) is 83.0 cm³/mol. The first-order chi connectivity index (χ1) is 9.47. The normalized spacial score (nSPS) is 12.2. The number of methoxy groups -OCH3 is 1. The highest BCUT2D eigenvalue weighted by Gasteiger charge is 2.11. The van der Waals surface area contributed by atoms with Gasteiger partial charge in [0.15, 0.2) is 0 Å². The van der Waals surface area contributed by atoms with E-state index in [9.17, 15) is 4.79 Å². The maximum atomic E-state index is 12.0. The average Bonchev–Trinajstić information content (AvgIpc) is 2.44. The van der Waals surface area contributed by atoms with E-state index in [0.29, 0.717) is 29.6 Å². The molecule has 0 saturated carbocycles. The number of nitrogen functional groups attached to an aromatic ring is 1. The second-order valence-electron chi connectivity index (χ2n) is 5.00. The summed E-state index contributed by atoms with van der Waals surface area (Å²) < 4.78 is 5.20. The molecule has 0 spiro atoms. The largest absolute Gasteiger partial charge is 0.495 e. The highest BCUT2D eigenvalue weighted by molar-refractivity contribution is 5.93. The number of amides is 1. The van der Waals surface area contributed by atoms with Gasteiger partial charge in [0.2, 0.25) is 5.91 Å². The first kappa shape index (κ1) is 16.3. The summed E-state index contributed by atoms with van der Waals surface area (Å²) in [6.45, 7) is 5.02. The number of benzene rings is 1. The Hall–Kier alpha value is -1.75. The van der Waals surface area contributed by atoms with Crippen LogP contribution in [0.5, 0.6) is 5.75 Å². The molecule has 1 aromatic rings. The summed E-state index contributed by atoms with van der Waals surface area (Å²) in [7, 11) is 3.60. The highest BCUT2D eigenvalue weighted by atomic mass is 16.5. The fourth-order valence-corrected chi connectivity index (χ4v) is 1.85. The lowest BCUT2D eigenvalue weighted by atomic mass is 10.2. The summed E-state index contributed by atoms with van der Waals surface area (Å²) in [5, 5.41) is 2.84. The van der Waals surface area contributed by atoms with Gasteiger partial charge in [-0.15, -0.1) is 0 Å². The van der Waals surface area contributed by atoms with E-state index in [4.69, 9.17) is 10.5 Å². The van der Waals surface area contributed by atoms with Crippen molar-refractivity contribution in [2.45, 2.75) is 32.7 Å². The van der Waals surface area contributed by atoms with Crippen molar-refractivity contribution in [1.82, 2.24) is 4.90 Å². The number of nitrogens with one attached hydrogen (secondary N) is 1. The lowest BCUT2D eigenvalue weighted by molar-refractivity contribution is -0.116. The lowest BCUT2D eigenvalue weighted by Gasteiger charge is -2.23. The SMILES string of the molecule is CCC(C)N(C)CCC(=O)Nc1cc(N)ccc1OC. The number of hydrogen-bond acceptors (Lipinski definition) is 4. The molecule has 0 bridgehead atoms. The molecule has 0 fully saturated rings. The van der Waals surface area contributed by atoms with E-state index in [1.807, 2.05) is 7.05 Å². The van der Waals surface area contributed by atoms with Gasteiger partial charge < -0.3 is 20.7 Å². The van der Waals surface area contributed by atoms with Crippen LogP contribution in [0.2, 0.25) is 0 Å². The van der Waals surface area contributed by atoms with E-state index in [1.165, 1.54) is 0 Å². The molecule has 0 aromatic heterocycles.